The molecule has 1 rings (SSSR count). The van der Waals surface area contributed by atoms with Crippen LogP contribution in [0.2, 0.25) is 0 Å². The fourth-order valence-electron chi connectivity index (χ4n) is 1.93. The molecule has 0 aromatic rings. The first kappa shape index (κ1) is 12.0. The molecule has 2 atom stereocenters. The molecule has 5 nitrogen and oxygen atoms in total. The molecule has 3 N–H and O–H groups in total. The Kier molecular flexibility index (Phi) is 4.08. The first-order valence-corrected chi connectivity index (χ1v) is 5.36. The molecule has 5 heteroatoms. The SMILES string of the molecule is CCC[C@H](N)C(=O)N1CCC[C@H]1C(=O)O. The minimum atomic E-state index is -0.926. The summed E-state index contributed by atoms with van der Waals surface area (Å²) in [6, 6.07) is -1.21. The first-order valence-electron chi connectivity index (χ1n) is 5.36. The van der Waals surface area contributed by atoms with E-state index in [1.807, 2.05) is 6.92 Å². The fourth-order valence-corrected chi connectivity index (χ4v) is 1.93. The van der Waals surface area contributed by atoms with Gasteiger partial charge in [-0.2, -0.15) is 0 Å². The quantitative estimate of drug-likeness (QED) is 0.699. The number of carboxylic acids is 1. The highest BCUT2D eigenvalue weighted by Gasteiger charge is 2.35. The maximum absolute atomic E-state index is 11.8. The van der Waals surface area contributed by atoms with Crippen LogP contribution in [0.3, 0.4) is 0 Å². The van der Waals surface area contributed by atoms with E-state index in [2.05, 4.69) is 0 Å². The molecule has 1 aliphatic heterocycles. The van der Waals surface area contributed by atoms with Crippen LogP contribution in [0.25, 0.3) is 0 Å². The number of nitrogens with two attached hydrogens (primary N) is 1. The van der Waals surface area contributed by atoms with Crippen molar-refractivity contribution < 1.29 is 14.7 Å². The molecule has 0 aliphatic carbocycles. The Morgan fingerprint density at radius 2 is 2.27 bits per heavy atom. The number of hydrogen-bond acceptors (Lipinski definition) is 3. The van der Waals surface area contributed by atoms with E-state index in [-0.39, 0.29) is 5.91 Å². The van der Waals surface area contributed by atoms with Gasteiger partial charge in [0.15, 0.2) is 0 Å². The Morgan fingerprint density at radius 3 is 2.80 bits per heavy atom. The molecule has 1 heterocycles. The van der Waals surface area contributed by atoms with Crippen molar-refractivity contribution in [1.82, 2.24) is 4.90 Å². The normalized spacial score (nSPS) is 22.8. The summed E-state index contributed by atoms with van der Waals surface area (Å²) in [5.41, 5.74) is 5.69. The van der Waals surface area contributed by atoms with Crippen molar-refractivity contribution in [1.29, 1.82) is 0 Å². The van der Waals surface area contributed by atoms with Gasteiger partial charge in [-0.25, -0.2) is 4.79 Å². The lowest BCUT2D eigenvalue weighted by Gasteiger charge is -2.24. The molecule has 0 spiro atoms. The van der Waals surface area contributed by atoms with Gasteiger partial charge in [-0.05, 0) is 19.3 Å². The smallest absolute Gasteiger partial charge is 0.326 e. The molecule has 0 bridgehead atoms. The number of nitrogens with zero attached hydrogens (tertiary/aromatic N) is 1. The second-order valence-electron chi connectivity index (χ2n) is 3.92. The minimum Gasteiger partial charge on any atom is -0.480 e. The van der Waals surface area contributed by atoms with Crippen LogP contribution in [0.15, 0.2) is 0 Å². The predicted octanol–water partition coefficient (Wildman–Crippen LogP) is 0.189. The van der Waals surface area contributed by atoms with Gasteiger partial charge >= 0.3 is 5.97 Å². The average molecular weight is 214 g/mol. The number of hydrogen-bond donors (Lipinski definition) is 2. The van der Waals surface area contributed by atoms with Crippen molar-refractivity contribution >= 4 is 11.9 Å². The van der Waals surface area contributed by atoms with Gasteiger partial charge in [0.1, 0.15) is 6.04 Å². The van der Waals surface area contributed by atoms with Crippen molar-refractivity contribution in [2.45, 2.75) is 44.7 Å². The zero-order valence-electron chi connectivity index (χ0n) is 8.98. The van der Waals surface area contributed by atoms with Gasteiger partial charge < -0.3 is 15.7 Å². The summed E-state index contributed by atoms with van der Waals surface area (Å²) in [4.78, 5) is 24.1. The van der Waals surface area contributed by atoms with Crippen molar-refractivity contribution in [2.24, 2.45) is 5.73 Å². The molecule has 0 aromatic carbocycles. The highest BCUT2D eigenvalue weighted by atomic mass is 16.4. The molecule has 15 heavy (non-hydrogen) atoms. The third kappa shape index (κ3) is 2.68. The van der Waals surface area contributed by atoms with E-state index in [1.54, 1.807) is 0 Å². The third-order valence-electron chi connectivity index (χ3n) is 2.74. The number of rotatable bonds is 4. The number of likely N-dealkylation sites (tertiary alicyclic amines) is 1. The summed E-state index contributed by atoms with van der Waals surface area (Å²) >= 11 is 0. The number of aliphatic carboxylic acids is 1. The molecule has 1 saturated heterocycles. The van der Waals surface area contributed by atoms with Gasteiger partial charge in [0.2, 0.25) is 5.91 Å². The topological polar surface area (TPSA) is 83.6 Å². The van der Waals surface area contributed by atoms with Gasteiger partial charge in [0.25, 0.3) is 0 Å². The van der Waals surface area contributed by atoms with Crippen LogP contribution in [0.1, 0.15) is 32.6 Å². The molecular formula is C10H18N2O3. The van der Waals surface area contributed by atoms with Gasteiger partial charge in [0.05, 0.1) is 6.04 Å². The summed E-state index contributed by atoms with van der Waals surface area (Å²) < 4.78 is 0. The summed E-state index contributed by atoms with van der Waals surface area (Å²) in [7, 11) is 0. The molecule has 86 valence electrons. The monoisotopic (exact) mass is 214 g/mol. The van der Waals surface area contributed by atoms with E-state index < -0.39 is 18.1 Å². The van der Waals surface area contributed by atoms with Crippen LogP contribution in [0, 0.1) is 0 Å². The second kappa shape index (κ2) is 5.11. The lowest BCUT2D eigenvalue weighted by molar-refractivity contribution is -0.148. The molecular weight excluding hydrogens is 196 g/mol. The van der Waals surface area contributed by atoms with Crippen molar-refractivity contribution in [2.75, 3.05) is 6.54 Å². The molecule has 1 fully saturated rings. The Bertz CT molecular complexity index is 255. The van der Waals surface area contributed by atoms with Crippen LogP contribution in [0.5, 0.6) is 0 Å². The third-order valence-corrected chi connectivity index (χ3v) is 2.74. The summed E-state index contributed by atoms with van der Waals surface area (Å²) in [6.45, 7) is 2.47. The van der Waals surface area contributed by atoms with Gasteiger partial charge in [-0.15, -0.1) is 0 Å². The molecule has 0 saturated carbocycles. The van der Waals surface area contributed by atoms with Gasteiger partial charge in [0, 0.05) is 6.54 Å². The van der Waals surface area contributed by atoms with E-state index in [0.717, 1.165) is 12.8 Å². The summed E-state index contributed by atoms with van der Waals surface area (Å²) in [6.07, 6.45) is 2.74. The predicted molar refractivity (Wildman–Crippen MR) is 55.3 cm³/mol. The summed E-state index contributed by atoms with van der Waals surface area (Å²) in [5.74, 6) is -1.15. The van der Waals surface area contributed by atoms with Crippen LogP contribution < -0.4 is 5.73 Å². The second-order valence-corrected chi connectivity index (χ2v) is 3.92. The van der Waals surface area contributed by atoms with Gasteiger partial charge in [-0.3, -0.25) is 4.79 Å². The van der Waals surface area contributed by atoms with E-state index in [9.17, 15) is 9.59 Å². The van der Waals surface area contributed by atoms with Crippen molar-refractivity contribution in [3.05, 3.63) is 0 Å². The highest BCUT2D eigenvalue weighted by Crippen LogP contribution is 2.18. The summed E-state index contributed by atoms with van der Waals surface area (Å²) in [5, 5.41) is 8.91. The van der Waals surface area contributed by atoms with E-state index >= 15 is 0 Å². The van der Waals surface area contributed by atoms with E-state index in [0.29, 0.717) is 19.4 Å². The molecule has 0 unspecified atom stereocenters. The van der Waals surface area contributed by atoms with Crippen LogP contribution in [0.4, 0.5) is 0 Å². The van der Waals surface area contributed by atoms with Crippen LogP contribution in [-0.4, -0.2) is 40.5 Å². The Hall–Kier alpha value is -1.10. The van der Waals surface area contributed by atoms with Gasteiger partial charge in [-0.1, -0.05) is 13.3 Å². The molecule has 1 aliphatic rings. The first-order chi connectivity index (χ1) is 7.07. The van der Waals surface area contributed by atoms with Crippen molar-refractivity contribution in [3.63, 3.8) is 0 Å². The zero-order valence-corrected chi connectivity index (χ0v) is 8.98. The molecule has 1 amide bonds. The van der Waals surface area contributed by atoms with E-state index in [4.69, 9.17) is 10.8 Å². The highest BCUT2D eigenvalue weighted by molar-refractivity contribution is 5.87. The Labute approximate surface area is 89.2 Å². The van der Waals surface area contributed by atoms with Crippen LogP contribution >= 0.6 is 0 Å². The average Bonchev–Trinajstić information content (AvgIpc) is 2.65. The lowest BCUT2D eigenvalue weighted by Crippen LogP contribution is -2.48. The lowest BCUT2D eigenvalue weighted by atomic mass is 10.1. The number of carbonyl (C=O) groups is 2. The molecule has 0 radical (unpaired) electrons. The van der Waals surface area contributed by atoms with E-state index in [1.165, 1.54) is 4.90 Å². The zero-order chi connectivity index (χ0) is 11.4. The maximum Gasteiger partial charge on any atom is 0.326 e. The maximum atomic E-state index is 11.8. The number of amides is 1. The number of carboxylic acid groups (broad SMARTS) is 1. The number of carbonyl (C=O) groups excluding carboxylic acids is 1. The largest absolute Gasteiger partial charge is 0.480 e. The van der Waals surface area contributed by atoms with Crippen LogP contribution in [-0.2, 0) is 9.59 Å². The van der Waals surface area contributed by atoms with Crippen molar-refractivity contribution in [3.8, 4) is 0 Å². The standard InChI is InChI=1S/C10H18N2O3/c1-2-4-7(11)9(13)12-6-3-5-8(12)10(14)15/h7-8H,2-6,11H2,1H3,(H,14,15)/t7-,8-/m0/s1. The minimum absolute atomic E-state index is 0.221. The molecule has 0 aromatic heterocycles. The Balaban J connectivity index is 2.62. The fraction of sp³-hybridized carbons (Fsp3) is 0.800. The Morgan fingerprint density at radius 1 is 1.60 bits per heavy atom.